The largest absolute Gasteiger partial charge is 0.329 e. The first kappa shape index (κ1) is 11.3. The molecule has 0 saturated carbocycles. The van der Waals surface area contributed by atoms with E-state index in [1.54, 1.807) is 18.0 Å². The van der Waals surface area contributed by atoms with Crippen LogP contribution in [-0.4, -0.2) is 26.8 Å². The van der Waals surface area contributed by atoms with Crippen molar-refractivity contribution >= 4 is 17.5 Å². The van der Waals surface area contributed by atoms with E-state index in [0.29, 0.717) is 11.6 Å². The second-order valence-corrected chi connectivity index (χ2v) is 4.12. The summed E-state index contributed by atoms with van der Waals surface area (Å²) >= 11 is 1.68. The standard InChI is InChI=1S/C10H16N2OS/c1-3-7-14-8-9(13)10-11-5-6-12(10)4-2/h5-6H,3-4,7-8H2,1-2H3. The van der Waals surface area contributed by atoms with Crippen molar-refractivity contribution in [1.82, 2.24) is 9.55 Å². The molecule has 0 unspecified atom stereocenters. The van der Waals surface area contributed by atoms with Crippen molar-refractivity contribution in [3.05, 3.63) is 18.2 Å². The van der Waals surface area contributed by atoms with Gasteiger partial charge >= 0.3 is 0 Å². The molecule has 0 aliphatic heterocycles. The molecule has 0 aromatic carbocycles. The van der Waals surface area contributed by atoms with Crippen molar-refractivity contribution in [2.45, 2.75) is 26.8 Å². The van der Waals surface area contributed by atoms with Crippen LogP contribution in [0.1, 0.15) is 30.9 Å². The van der Waals surface area contributed by atoms with Crippen LogP contribution in [0.15, 0.2) is 12.4 Å². The molecule has 0 spiro atoms. The molecule has 0 bridgehead atoms. The molecular weight excluding hydrogens is 196 g/mol. The van der Waals surface area contributed by atoms with Gasteiger partial charge < -0.3 is 4.57 Å². The summed E-state index contributed by atoms with van der Waals surface area (Å²) in [6.07, 6.45) is 4.64. The van der Waals surface area contributed by atoms with Gasteiger partial charge in [0.25, 0.3) is 0 Å². The van der Waals surface area contributed by atoms with E-state index >= 15 is 0 Å². The van der Waals surface area contributed by atoms with Crippen LogP contribution in [0.5, 0.6) is 0 Å². The summed E-state index contributed by atoms with van der Waals surface area (Å²) in [4.78, 5) is 15.7. The van der Waals surface area contributed by atoms with Gasteiger partial charge in [0, 0.05) is 18.9 Å². The van der Waals surface area contributed by atoms with Crippen molar-refractivity contribution in [3.63, 3.8) is 0 Å². The number of carbonyl (C=O) groups is 1. The monoisotopic (exact) mass is 212 g/mol. The second kappa shape index (κ2) is 5.86. The highest BCUT2D eigenvalue weighted by atomic mass is 32.2. The van der Waals surface area contributed by atoms with Gasteiger partial charge in [-0.05, 0) is 19.1 Å². The average Bonchev–Trinajstić information content (AvgIpc) is 2.65. The van der Waals surface area contributed by atoms with Crippen LogP contribution < -0.4 is 0 Å². The fourth-order valence-electron chi connectivity index (χ4n) is 1.19. The fraction of sp³-hybridized carbons (Fsp3) is 0.600. The van der Waals surface area contributed by atoms with Crippen LogP contribution in [0.4, 0.5) is 0 Å². The molecule has 1 heterocycles. The highest BCUT2D eigenvalue weighted by Gasteiger charge is 2.10. The lowest BCUT2D eigenvalue weighted by atomic mass is 10.4. The van der Waals surface area contributed by atoms with Gasteiger partial charge in [0.05, 0.1) is 5.75 Å². The van der Waals surface area contributed by atoms with E-state index in [4.69, 9.17) is 0 Å². The van der Waals surface area contributed by atoms with Gasteiger partial charge in [-0.1, -0.05) is 6.92 Å². The molecule has 0 saturated heterocycles. The SMILES string of the molecule is CCCSCC(=O)c1nccn1CC. The number of hydrogen-bond acceptors (Lipinski definition) is 3. The normalized spacial score (nSPS) is 10.4. The minimum atomic E-state index is 0.135. The van der Waals surface area contributed by atoms with E-state index in [-0.39, 0.29) is 5.78 Å². The number of rotatable bonds is 6. The first-order valence-electron chi connectivity index (χ1n) is 4.91. The topological polar surface area (TPSA) is 34.9 Å². The third-order valence-electron chi connectivity index (χ3n) is 1.89. The molecule has 3 nitrogen and oxygen atoms in total. The number of Topliss-reactive ketones (excluding diaryl/α,β-unsaturated/α-hetero) is 1. The molecule has 1 aromatic rings. The van der Waals surface area contributed by atoms with Crippen LogP contribution in [0, 0.1) is 0 Å². The highest BCUT2D eigenvalue weighted by Crippen LogP contribution is 2.07. The summed E-state index contributed by atoms with van der Waals surface area (Å²) in [6.45, 7) is 4.93. The predicted molar refractivity (Wildman–Crippen MR) is 59.8 cm³/mol. The number of aromatic nitrogens is 2. The summed E-state index contributed by atoms with van der Waals surface area (Å²) in [5.41, 5.74) is 0. The maximum Gasteiger partial charge on any atom is 0.208 e. The summed E-state index contributed by atoms with van der Waals surface area (Å²) < 4.78 is 1.88. The highest BCUT2D eigenvalue weighted by molar-refractivity contribution is 7.99. The molecule has 0 atom stereocenters. The number of thioether (sulfide) groups is 1. The molecule has 1 aromatic heterocycles. The molecule has 0 amide bonds. The van der Waals surface area contributed by atoms with Crippen LogP contribution in [-0.2, 0) is 6.54 Å². The maximum absolute atomic E-state index is 11.7. The lowest BCUT2D eigenvalue weighted by Gasteiger charge is -2.02. The molecule has 0 aliphatic rings. The Morgan fingerprint density at radius 2 is 2.36 bits per heavy atom. The van der Waals surface area contributed by atoms with Crippen molar-refractivity contribution in [2.75, 3.05) is 11.5 Å². The Kier molecular flexibility index (Phi) is 4.73. The summed E-state index contributed by atoms with van der Waals surface area (Å²) in [5, 5.41) is 0. The number of aryl methyl sites for hydroxylation is 1. The van der Waals surface area contributed by atoms with Crippen LogP contribution in [0.3, 0.4) is 0 Å². The first-order valence-corrected chi connectivity index (χ1v) is 6.07. The molecule has 0 fully saturated rings. The van der Waals surface area contributed by atoms with Crippen molar-refractivity contribution in [3.8, 4) is 0 Å². The predicted octanol–water partition coefficient (Wildman–Crippen LogP) is 2.23. The maximum atomic E-state index is 11.7. The Morgan fingerprint density at radius 1 is 1.57 bits per heavy atom. The second-order valence-electron chi connectivity index (χ2n) is 3.01. The van der Waals surface area contributed by atoms with E-state index < -0.39 is 0 Å². The van der Waals surface area contributed by atoms with E-state index in [0.717, 1.165) is 18.7 Å². The molecule has 14 heavy (non-hydrogen) atoms. The smallest absolute Gasteiger partial charge is 0.208 e. The zero-order chi connectivity index (χ0) is 10.4. The lowest BCUT2D eigenvalue weighted by molar-refractivity contribution is 0.100. The minimum Gasteiger partial charge on any atom is -0.329 e. The Morgan fingerprint density at radius 3 is 3.00 bits per heavy atom. The molecule has 4 heteroatoms. The van der Waals surface area contributed by atoms with Crippen LogP contribution >= 0.6 is 11.8 Å². The van der Waals surface area contributed by atoms with Gasteiger partial charge in [-0.3, -0.25) is 4.79 Å². The molecule has 0 radical (unpaired) electrons. The molecule has 78 valence electrons. The lowest BCUT2D eigenvalue weighted by Crippen LogP contribution is -2.11. The van der Waals surface area contributed by atoms with Gasteiger partial charge in [-0.25, -0.2) is 4.98 Å². The number of carbonyl (C=O) groups excluding carboxylic acids is 1. The van der Waals surface area contributed by atoms with Gasteiger partial charge in [-0.2, -0.15) is 11.8 Å². The van der Waals surface area contributed by atoms with Gasteiger partial charge in [0.15, 0.2) is 5.82 Å². The van der Waals surface area contributed by atoms with E-state index in [2.05, 4.69) is 11.9 Å². The zero-order valence-corrected chi connectivity index (χ0v) is 9.51. The third-order valence-corrected chi connectivity index (χ3v) is 3.05. The van der Waals surface area contributed by atoms with Gasteiger partial charge in [-0.15, -0.1) is 0 Å². The molecule has 0 N–H and O–H groups in total. The van der Waals surface area contributed by atoms with Gasteiger partial charge in [0.2, 0.25) is 5.78 Å². The van der Waals surface area contributed by atoms with Crippen molar-refractivity contribution in [1.29, 1.82) is 0 Å². The number of ketones is 1. The summed E-state index contributed by atoms with van der Waals surface area (Å²) in [6, 6.07) is 0. The van der Waals surface area contributed by atoms with E-state index in [9.17, 15) is 4.79 Å². The van der Waals surface area contributed by atoms with Crippen molar-refractivity contribution in [2.24, 2.45) is 0 Å². The Hall–Kier alpha value is -0.770. The number of nitrogens with zero attached hydrogens (tertiary/aromatic N) is 2. The number of imidazole rings is 1. The van der Waals surface area contributed by atoms with Crippen molar-refractivity contribution < 1.29 is 4.79 Å². The van der Waals surface area contributed by atoms with Crippen LogP contribution in [0.2, 0.25) is 0 Å². The fourth-order valence-corrected chi connectivity index (χ4v) is 1.94. The summed E-state index contributed by atoms with van der Waals surface area (Å²) in [7, 11) is 0. The van der Waals surface area contributed by atoms with E-state index in [1.807, 2.05) is 17.7 Å². The Labute approximate surface area is 88.9 Å². The zero-order valence-electron chi connectivity index (χ0n) is 8.69. The molecular formula is C10H16N2OS. The quantitative estimate of drug-likeness (QED) is 0.536. The van der Waals surface area contributed by atoms with Crippen LogP contribution in [0.25, 0.3) is 0 Å². The molecule has 0 aliphatic carbocycles. The van der Waals surface area contributed by atoms with E-state index in [1.165, 1.54) is 0 Å². The summed E-state index contributed by atoms with van der Waals surface area (Å²) in [5.74, 6) is 2.31. The van der Waals surface area contributed by atoms with Gasteiger partial charge in [0.1, 0.15) is 0 Å². The Balaban J connectivity index is 2.51. The Bertz CT molecular complexity index is 296. The first-order chi connectivity index (χ1) is 6.79. The third kappa shape index (κ3) is 2.87. The molecule has 1 rings (SSSR count). The number of hydrogen-bond donors (Lipinski definition) is 0. The minimum absolute atomic E-state index is 0.135. The average molecular weight is 212 g/mol.